The molecule has 4 nitrogen and oxygen atoms in total. The van der Waals surface area contributed by atoms with Crippen LogP contribution in [-0.2, 0) is 13.0 Å². The SMILES string of the molecule is CCOc1cc(C=O)ccc1OCCCN1CCc2ccccc2C1. The van der Waals surface area contributed by atoms with Crippen LogP contribution in [0.25, 0.3) is 0 Å². The highest BCUT2D eigenvalue weighted by Gasteiger charge is 2.15. The average Bonchev–Trinajstić information content (AvgIpc) is 2.66. The first kappa shape index (κ1) is 17.5. The number of aldehydes is 1. The Morgan fingerprint density at radius 3 is 2.72 bits per heavy atom. The van der Waals surface area contributed by atoms with Crippen molar-refractivity contribution >= 4 is 6.29 Å². The summed E-state index contributed by atoms with van der Waals surface area (Å²) in [5, 5.41) is 0. The second-order valence-corrected chi connectivity index (χ2v) is 6.25. The van der Waals surface area contributed by atoms with Crippen LogP contribution in [0, 0.1) is 0 Å². The molecule has 0 N–H and O–H groups in total. The van der Waals surface area contributed by atoms with Gasteiger partial charge in [-0.15, -0.1) is 0 Å². The largest absolute Gasteiger partial charge is 0.490 e. The van der Waals surface area contributed by atoms with Gasteiger partial charge in [-0.05, 0) is 49.1 Å². The van der Waals surface area contributed by atoms with E-state index in [-0.39, 0.29) is 0 Å². The van der Waals surface area contributed by atoms with Crippen LogP contribution in [0.4, 0.5) is 0 Å². The molecule has 2 aromatic carbocycles. The fraction of sp³-hybridized carbons (Fsp3) is 0.381. The van der Waals surface area contributed by atoms with Crippen molar-refractivity contribution in [3.8, 4) is 11.5 Å². The molecule has 1 aliphatic rings. The lowest BCUT2D eigenvalue weighted by Crippen LogP contribution is -2.31. The summed E-state index contributed by atoms with van der Waals surface area (Å²) in [4.78, 5) is 13.4. The predicted molar refractivity (Wildman–Crippen MR) is 98.5 cm³/mol. The van der Waals surface area contributed by atoms with Crippen LogP contribution >= 0.6 is 0 Å². The van der Waals surface area contributed by atoms with Crippen molar-refractivity contribution < 1.29 is 14.3 Å². The van der Waals surface area contributed by atoms with Crippen LogP contribution in [0.2, 0.25) is 0 Å². The van der Waals surface area contributed by atoms with Crippen LogP contribution < -0.4 is 9.47 Å². The number of hydrogen-bond acceptors (Lipinski definition) is 4. The zero-order chi connectivity index (χ0) is 17.5. The van der Waals surface area contributed by atoms with E-state index in [1.807, 2.05) is 13.0 Å². The van der Waals surface area contributed by atoms with E-state index >= 15 is 0 Å². The van der Waals surface area contributed by atoms with Crippen molar-refractivity contribution in [2.75, 3.05) is 26.3 Å². The third-order valence-electron chi connectivity index (χ3n) is 4.49. The Bertz CT molecular complexity index is 714. The molecular weight excluding hydrogens is 314 g/mol. The molecule has 1 aliphatic heterocycles. The van der Waals surface area contributed by atoms with Gasteiger partial charge in [-0.25, -0.2) is 0 Å². The maximum atomic E-state index is 10.9. The third-order valence-corrected chi connectivity index (χ3v) is 4.49. The van der Waals surface area contributed by atoms with Gasteiger partial charge in [-0.2, -0.15) is 0 Å². The molecular formula is C21H25NO3. The molecule has 132 valence electrons. The zero-order valence-corrected chi connectivity index (χ0v) is 14.7. The smallest absolute Gasteiger partial charge is 0.161 e. The van der Waals surface area contributed by atoms with Crippen molar-refractivity contribution in [1.82, 2.24) is 4.90 Å². The number of hydrogen-bond donors (Lipinski definition) is 0. The Morgan fingerprint density at radius 2 is 1.92 bits per heavy atom. The molecule has 25 heavy (non-hydrogen) atoms. The molecule has 0 unspecified atom stereocenters. The molecule has 3 rings (SSSR count). The number of fused-ring (bicyclic) bond motifs is 1. The van der Waals surface area contributed by atoms with Crippen molar-refractivity contribution in [3.63, 3.8) is 0 Å². The summed E-state index contributed by atoms with van der Waals surface area (Å²) < 4.78 is 11.5. The molecule has 4 heteroatoms. The second-order valence-electron chi connectivity index (χ2n) is 6.25. The highest BCUT2D eigenvalue weighted by molar-refractivity contribution is 5.76. The third kappa shape index (κ3) is 4.60. The summed E-state index contributed by atoms with van der Waals surface area (Å²) >= 11 is 0. The first-order chi connectivity index (χ1) is 12.3. The van der Waals surface area contributed by atoms with Gasteiger partial charge in [0, 0.05) is 25.2 Å². The van der Waals surface area contributed by atoms with Crippen molar-refractivity contribution in [1.29, 1.82) is 0 Å². The number of ether oxygens (including phenoxy) is 2. The monoisotopic (exact) mass is 339 g/mol. The van der Waals surface area contributed by atoms with Crippen LogP contribution in [0.15, 0.2) is 42.5 Å². The molecule has 2 aromatic rings. The Morgan fingerprint density at radius 1 is 1.08 bits per heavy atom. The highest BCUT2D eigenvalue weighted by atomic mass is 16.5. The van der Waals surface area contributed by atoms with E-state index in [1.165, 1.54) is 11.1 Å². The Balaban J connectivity index is 1.48. The number of rotatable bonds is 8. The molecule has 0 fully saturated rings. The summed E-state index contributed by atoms with van der Waals surface area (Å²) in [5.74, 6) is 1.34. The summed E-state index contributed by atoms with van der Waals surface area (Å²) in [7, 11) is 0. The normalized spacial score (nSPS) is 14.0. The Labute approximate surface area is 149 Å². The van der Waals surface area contributed by atoms with Crippen molar-refractivity contribution in [3.05, 3.63) is 59.2 Å². The van der Waals surface area contributed by atoms with Crippen LogP contribution in [0.1, 0.15) is 34.8 Å². The molecule has 0 aliphatic carbocycles. The Kier molecular flexibility index (Phi) is 6.07. The van der Waals surface area contributed by atoms with E-state index in [4.69, 9.17) is 9.47 Å². The van der Waals surface area contributed by atoms with E-state index in [0.29, 0.717) is 30.3 Å². The minimum absolute atomic E-state index is 0.547. The van der Waals surface area contributed by atoms with E-state index < -0.39 is 0 Å². The van der Waals surface area contributed by atoms with Crippen LogP contribution in [0.3, 0.4) is 0 Å². The van der Waals surface area contributed by atoms with Gasteiger partial charge in [0.05, 0.1) is 13.2 Å². The maximum absolute atomic E-state index is 10.9. The number of benzene rings is 2. The first-order valence-corrected chi connectivity index (χ1v) is 8.94. The van der Waals surface area contributed by atoms with E-state index in [9.17, 15) is 4.79 Å². The number of carbonyl (C=O) groups is 1. The topological polar surface area (TPSA) is 38.8 Å². The number of carbonyl (C=O) groups excluding carboxylic acids is 1. The summed E-state index contributed by atoms with van der Waals surface area (Å²) in [5.41, 5.74) is 3.52. The molecule has 0 aromatic heterocycles. The zero-order valence-electron chi connectivity index (χ0n) is 14.7. The van der Waals surface area contributed by atoms with Gasteiger partial charge in [0.15, 0.2) is 11.5 Å². The summed E-state index contributed by atoms with van der Waals surface area (Å²) in [6.07, 6.45) is 2.91. The molecule has 0 amide bonds. The summed E-state index contributed by atoms with van der Waals surface area (Å²) in [6, 6.07) is 14.0. The van der Waals surface area contributed by atoms with Gasteiger partial charge in [0.25, 0.3) is 0 Å². The predicted octanol–water partition coefficient (Wildman–Crippen LogP) is 3.73. The summed E-state index contributed by atoms with van der Waals surface area (Å²) in [6.45, 7) is 6.25. The molecule has 0 spiro atoms. The lowest BCUT2D eigenvalue weighted by atomic mass is 10.00. The van der Waals surface area contributed by atoms with Gasteiger partial charge >= 0.3 is 0 Å². The number of nitrogens with zero attached hydrogens (tertiary/aromatic N) is 1. The van der Waals surface area contributed by atoms with Crippen LogP contribution in [0.5, 0.6) is 11.5 Å². The molecule has 0 radical (unpaired) electrons. The highest BCUT2D eigenvalue weighted by Crippen LogP contribution is 2.28. The van der Waals surface area contributed by atoms with Gasteiger partial charge in [-0.3, -0.25) is 9.69 Å². The van der Waals surface area contributed by atoms with Gasteiger partial charge < -0.3 is 9.47 Å². The standard InChI is InChI=1S/C21H25NO3/c1-2-24-21-14-17(16-23)8-9-20(21)25-13-5-11-22-12-10-18-6-3-4-7-19(18)15-22/h3-4,6-9,14,16H,2,5,10-13,15H2,1H3. The average molecular weight is 339 g/mol. The van der Waals surface area contributed by atoms with Crippen LogP contribution in [-0.4, -0.2) is 37.5 Å². The lowest BCUT2D eigenvalue weighted by Gasteiger charge is -2.28. The Hall–Kier alpha value is -2.33. The van der Waals surface area contributed by atoms with Gasteiger partial charge in [-0.1, -0.05) is 24.3 Å². The maximum Gasteiger partial charge on any atom is 0.161 e. The van der Waals surface area contributed by atoms with Gasteiger partial charge in [0.2, 0.25) is 0 Å². The molecule has 1 heterocycles. The van der Waals surface area contributed by atoms with E-state index in [2.05, 4.69) is 29.2 Å². The minimum atomic E-state index is 0.547. The van der Waals surface area contributed by atoms with E-state index in [0.717, 1.165) is 38.8 Å². The van der Waals surface area contributed by atoms with Crippen molar-refractivity contribution in [2.45, 2.75) is 26.3 Å². The van der Waals surface area contributed by atoms with Crippen molar-refractivity contribution in [2.24, 2.45) is 0 Å². The second kappa shape index (κ2) is 8.67. The fourth-order valence-electron chi connectivity index (χ4n) is 3.20. The van der Waals surface area contributed by atoms with E-state index in [1.54, 1.807) is 12.1 Å². The lowest BCUT2D eigenvalue weighted by molar-refractivity contribution is 0.112. The fourth-order valence-corrected chi connectivity index (χ4v) is 3.20. The molecule has 0 saturated heterocycles. The first-order valence-electron chi connectivity index (χ1n) is 8.94. The molecule has 0 atom stereocenters. The quantitative estimate of drug-likeness (QED) is 0.543. The molecule has 0 saturated carbocycles. The van der Waals surface area contributed by atoms with Gasteiger partial charge in [0.1, 0.15) is 6.29 Å². The minimum Gasteiger partial charge on any atom is -0.490 e. The molecule has 0 bridgehead atoms.